The molecule has 0 heterocycles. The van der Waals surface area contributed by atoms with Gasteiger partial charge in [0.2, 0.25) is 0 Å². The molecule has 168 valence electrons. The van der Waals surface area contributed by atoms with Crippen molar-refractivity contribution in [1.29, 1.82) is 0 Å². The molecule has 0 atom stereocenters. The molecule has 32 heavy (non-hydrogen) atoms. The van der Waals surface area contributed by atoms with Crippen molar-refractivity contribution in [3.8, 4) is 0 Å². The number of carbonyl (C=O) groups excluding carboxylic acids is 2. The number of nitrogens with one attached hydrogen (secondary N) is 1. The van der Waals surface area contributed by atoms with Crippen LogP contribution >= 0.6 is 17.2 Å². The molecule has 3 aromatic rings. The van der Waals surface area contributed by atoms with Crippen LogP contribution in [0.3, 0.4) is 0 Å². The summed E-state index contributed by atoms with van der Waals surface area (Å²) in [5.41, 5.74) is 0. The van der Waals surface area contributed by atoms with E-state index < -0.39 is 18.0 Å². The second kappa shape index (κ2) is 10.6. The molecule has 5 nitrogen and oxygen atoms in total. The van der Waals surface area contributed by atoms with Crippen LogP contribution in [-0.2, 0) is 14.3 Å². The maximum absolute atomic E-state index is 12.2. The molecule has 0 aliphatic carbocycles. The second-order valence-corrected chi connectivity index (χ2v) is 13.8. The Kier molecular flexibility index (Phi) is 7.89. The monoisotopic (exact) mass is 471 g/mol. The summed E-state index contributed by atoms with van der Waals surface area (Å²) in [6.07, 6.45) is -0.285. The molecule has 0 fully saturated rings. The molecule has 0 aliphatic rings. The fourth-order valence-corrected chi connectivity index (χ4v) is 9.47. The van der Waals surface area contributed by atoms with Gasteiger partial charge < -0.3 is 0 Å². The molecule has 1 amide bonds. The third kappa shape index (κ3) is 4.95. The molecule has 0 spiro atoms. The van der Waals surface area contributed by atoms with E-state index in [1.807, 2.05) is 91.0 Å². The minimum absolute atomic E-state index is 0.0780. The van der Waals surface area contributed by atoms with Crippen LogP contribution in [0.25, 0.3) is 0 Å². The van der Waals surface area contributed by atoms with Crippen molar-refractivity contribution in [2.75, 3.05) is 25.9 Å². The number of alkyl carbamates (subject to hydrolysis) is 1. The Labute approximate surface area is 193 Å². The Morgan fingerprint density at radius 3 is 1.62 bits per heavy atom. The van der Waals surface area contributed by atoms with E-state index in [4.69, 9.17) is 20.7 Å². The molecule has 0 bridgehead atoms. The normalized spacial score (nSPS) is 12.2. The number of hydrogen-bond acceptors (Lipinski definition) is 4. The molecule has 0 saturated heterocycles. The molecule has 1 N–H and O–H groups in total. The van der Waals surface area contributed by atoms with Gasteiger partial charge in [0, 0.05) is 0 Å². The van der Waals surface area contributed by atoms with Crippen LogP contribution in [0.4, 0.5) is 4.79 Å². The minimum atomic E-state index is -3.49. The molecule has 0 aliphatic heterocycles. The van der Waals surface area contributed by atoms with E-state index in [9.17, 15) is 9.59 Å². The zero-order chi connectivity index (χ0) is 22.9. The zero-order valence-corrected chi connectivity index (χ0v) is 19.6. The van der Waals surface area contributed by atoms with Gasteiger partial charge in [-0.3, -0.25) is 0 Å². The number of amides is 1. The average Bonchev–Trinajstić information content (AvgIpc) is 2.84. The summed E-state index contributed by atoms with van der Waals surface area (Å²) in [5.74, 6) is -4.00. The summed E-state index contributed by atoms with van der Waals surface area (Å²) in [4.78, 5) is 23.7. The van der Waals surface area contributed by atoms with Crippen molar-refractivity contribution in [2.24, 2.45) is 0 Å². The van der Waals surface area contributed by atoms with Gasteiger partial charge >= 0.3 is 193 Å². The first kappa shape index (κ1) is 23.8. The van der Waals surface area contributed by atoms with Gasteiger partial charge in [-0.05, 0) is 0 Å². The summed E-state index contributed by atoms with van der Waals surface area (Å²) in [7, 11) is 0. The Balaban J connectivity index is 1.95. The Bertz CT molecular complexity index is 932. The Hall–Kier alpha value is -2.88. The quantitative estimate of drug-likeness (QED) is 0.379. The van der Waals surface area contributed by atoms with Gasteiger partial charge in [-0.2, -0.15) is 0 Å². The van der Waals surface area contributed by atoms with Crippen molar-refractivity contribution in [3.63, 3.8) is 0 Å². The van der Waals surface area contributed by atoms with Gasteiger partial charge in [0.25, 0.3) is 0 Å². The second-order valence-electron chi connectivity index (χ2n) is 7.21. The summed E-state index contributed by atoms with van der Waals surface area (Å²) in [6.45, 7) is 1.79. The third-order valence-electron chi connectivity index (χ3n) is 5.31. The molecular formula is C25H27ClNO4P. The molecule has 0 aromatic heterocycles. The topological polar surface area (TPSA) is 64.6 Å². The van der Waals surface area contributed by atoms with E-state index in [2.05, 4.69) is 5.32 Å². The molecular weight excluding hydrogens is 445 g/mol. The molecule has 3 aromatic carbocycles. The number of rotatable bonds is 9. The maximum atomic E-state index is 12.2. The number of ether oxygens (including phenoxy) is 2. The Morgan fingerprint density at radius 2 is 1.22 bits per heavy atom. The molecule has 0 unspecified atom stereocenters. The van der Waals surface area contributed by atoms with Crippen LogP contribution in [0.15, 0.2) is 91.0 Å². The number of esters is 1. The van der Waals surface area contributed by atoms with Crippen LogP contribution in [0.1, 0.15) is 6.92 Å². The third-order valence-corrected chi connectivity index (χ3v) is 12.7. The van der Waals surface area contributed by atoms with E-state index in [-0.39, 0.29) is 19.8 Å². The van der Waals surface area contributed by atoms with E-state index in [0.29, 0.717) is 6.16 Å². The summed E-state index contributed by atoms with van der Waals surface area (Å²) >= 11 is 7.87. The fraction of sp³-hybridized carbons (Fsp3) is 0.200. The van der Waals surface area contributed by atoms with Gasteiger partial charge in [0.1, 0.15) is 0 Å². The molecule has 3 rings (SSSR count). The molecule has 0 saturated carbocycles. The fourth-order valence-electron chi connectivity index (χ4n) is 3.77. The van der Waals surface area contributed by atoms with Crippen molar-refractivity contribution in [1.82, 2.24) is 5.32 Å². The van der Waals surface area contributed by atoms with E-state index in [0.717, 1.165) is 15.9 Å². The number of halogens is 1. The van der Waals surface area contributed by atoms with Crippen LogP contribution < -0.4 is 21.2 Å². The van der Waals surface area contributed by atoms with Gasteiger partial charge in [0.15, 0.2) is 0 Å². The zero-order valence-electron chi connectivity index (χ0n) is 17.9. The number of hydrogen-bond donors (Lipinski definition) is 1. The van der Waals surface area contributed by atoms with Crippen molar-refractivity contribution < 1.29 is 19.1 Å². The number of benzene rings is 3. The standard InChI is InChI=1S/C25H27ClNO4P/c1-2-30-24(28)20-27-25(29)31-18-19-32(26,21-12-6-3-7-13-21,22-14-8-4-9-15-22)23-16-10-5-11-17-23/h3-17H,2,18-20H2,1H3,(H,27,29). The van der Waals surface area contributed by atoms with Crippen LogP contribution in [0.5, 0.6) is 0 Å². The first-order valence-electron chi connectivity index (χ1n) is 10.4. The predicted octanol–water partition coefficient (Wildman–Crippen LogP) is 3.96. The SMILES string of the molecule is CCOC(=O)CNC(=O)OCCP(Cl)(c1ccccc1)(c1ccccc1)c1ccccc1. The van der Waals surface area contributed by atoms with Gasteiger partial charge in [-0.15, -0.1) is 0 Å². The van der Waals surface area contributed by atoms with Gasteiger partial charge in [0.05, 0.1) is 0 Å². The van der Waals surface area contributed by atoms with Crippen molar-refractivity contribution in [2.45, 2.75) is 6.92 Å². The van der Waals surface area contributed by atoms with Crippen molar-refractivity contribution >= 4 is 45.2 Å². The first-order chi connectivity index (χ1) is 15.5. The summed E-state index contributed by atoms with van der Waals surface area (Å²) in [5, 5.41) is 5.40. The van der Waals surface area contributed by atoms with Crippen LogP contribution in [0, 0.1) is 0 Å². The van der Waals surface area contributed by atoms with Gasteiger partial charge in [-0.1, -0.05) is 0 Å². The van der Waals surface area contributed by atoms with Crippen LogP contribution in [-0.4, -0.2) is 38.0 Å². The van der Waals surface area contributed by atoms with Gasteiger partial charge in [-0.25, -0.2) is 0 Å². The number of carbonyl (C=O) groups is 2. The van der Waals surface area contributed by atoms with Crippen molar-refractivity contribution in [3.05, 3.63) is 91.0 Å². The predicted molar refractivity (Wildman–Crippen MR) is 132 cm³/mol. The first-order valence-corrected chi connectivity index (χ1v) is 13.8. The van der Waals surface area contributed by atoms with E-state index in [1.165, 1.54) is 0 Å². The summed E-state index contributed by atoms with van der Waals surface area (Å²) < 4.78 is 10.3. The van der Waals surface area contributed by atoms with Crippen LogP contribution in [0.2, 0.25) is 0 Å². The van der Waals surface area contributed by atoms with E-state index >= 15 is 0 Å². The summed E-state index contributed by atoms with van der Waals surface area (Å²) in [6, 6.07) is 29.9. The van der Waals surface area contributed by atoms with E-state index in [1.54, 1.807) is 6.92 Å². The molecule has 7 heteroatoms. The average molecular weight is 472 g/mol. The Morgan fingerprint density at radius 1 is 0.781 bits per heavy atom. The molecule has 0 radical (unpaired) electrons.